The second-order valence-corrected chi connectivity index (χ2v) is 13.1. The topological polar surface area (TPSA) is 120 Å². The molecule has 14 heteroatoms. The Morgan fingerprint density at radius 3 is 2.46 bits per heavy atom. The first-order valence-corrected chi connectivity index (χ1v) is 14.5. The van der Waals surface area contributed by atoms with E-state index in [2.05, 4.69) is 42.9 Å². The minimum absolute atomic E-state index is 0.00207. The van der Waals surface area contributed by atoms with Crippen LogP contribution in [0.15, 0.2) is 23.2 Å². The average Bonchev–Trinajstić information content (AvgIpc) is 3.20. The van der Waals surface area contributed by atoms with Gasteiger partial charge in [0.1, 0.15) is 5.54 Å². The minimum Gasteiger partial charge on any atom is -0.371 e. The molecule has 6 rings (SSSR count). The fourth-order valence-corrected chi connectivity index (χ4v) is 7.61. The maximum Gasteiger partial charge on any atom is 0.291 e. The normalized spacial score (nSPS) is 21.2. The summed E-state index contributed by atoms with van der Waals surface area (Å²) in [6.45, 7) is 3.68. The Morgan fingerprint density at radius 1 is 1.14 bits per heavy atom. The second-order valence-electron chi connectivity index (χ2n) is 10.4. The molecule has 2 saturated heterocycles. The lowest BCUT2D eigenvalue weighted by Gasteiger charge is -2.40. The van der Waals surface area contributed by atoms with Crippen LogP contribution < -0.4 is 9.62 Å². The van der Waals surface area contributed by atoms with E-state index in [-0.39, 0.29) is 15.4 Å². The summed E-state index contributed by atoms with van der Waals surface area (Å²) in [6.07, 6.45) is 2.91. The molecule has 1 saturated carbocycles. The zero-order valence-corrected chi connectivity index (χ0v) is 21.8. The van der Waals surface area contributed by atoms with Crippen molar-refractivity contribution in [3.05, 3.63) is 23.3 Å². The number of hydrogen-bond donors (Lipinski definition) is 1. The number of halogens is 2. The number of rotatable bonds is 6. The average molecular weight is 549 g/mol. The van der Waals surface area contributed by atoms with Crippen LogP contribution in [-0.2, 0) is 10.0 Å². The molecule has 1 N–H and O–H groups in total. The van der Waals surface area contributed by atoms with Crippen LogP contribution in [0.5, 0.6) is 0 Å². The van der Waals surface area contributed by atoms with E-state index in [0.29, 0.717) is 40.8 Å². The van der Waals surface area contributed by atoms with Gasteiger partial charge in [0.05, 0.1) is 22.7 Å². The van der Waals surface area contributed by atoms with E-state index < -0.39 is 27.0 Å². The summed E-state index contributed by atoms with van der Waals surface area (Å²) in [5, 5.41) is 21.6. The molecule has 0 atom stereocenters. The third-order valence-electron chi connectivity index (χ3n) is 7.84. The summed E-state index contributed by atoms with van der Waals surface area (Å²) in [5.74, 6) is 0. The summed E-state index contributed by atoms with van der Waals surface area (Å²) >= 11 is 0.707. The number of aromatic nitrogens is 4. The fourth-order valence-electron chi connectivity index (χ4n) is 5.52. The second kappa shape index (κ2) is 8.65. The van der Waals surface area contributed by atoms with Crippen LogP contribution >= 0.6 is 11.3 Å². The van der Waals surface area contributed by atoms with Crippen LogP contribution in [0.3, 0.4) is 0 Å². The van der Waals surface area contributed by atoms with Crippen molar-refractivity contribution in [3.8, 4) is 11.2 Å². The number of anilines is 1. The van der Waals surface area contributed by atoms with Gasteiger partial charge in [-0.15, -0.1) is 10.2 Å². The molecule has 0 bridgehead atoms. The number of alkyl halides is 2. The zero-order valence-electron chi connectivity index (χ0n) is 20.2. The van der Waals surface area contributed by atoms with Gasteiger partial charge in [0, 0.05) is 30.7 Å². The quantitative estimate of drug-likeness (QED) is 0.499. The van der Waals surface area contributed by atoms with Crippen LogP contribution in [0.4, 0.5) is 14.5 Å². The minimum atomic E-state index is -4.03. The number of nitrogens with zero attached hydrogens (tertiary/aromatic N) is 7. The highest BCUT2D eigenvalue weighted by Gasteiger charge is 2.47. The maximum absolute atomic E-state index is 13.4. The summed E-state index contributed by atoms with van der Waals surface area (Å²) < 4.78 is 57.0. The van der Waals surface area contributed by atoms with Crippen molar-refractivity contribution in [1.82, 2.24) is 29.6 Å². The highest BCUT2D eigenvalue weighted by Crippen LogP contribution is 2.43. The van der Waals surface area contributed by atoms with E-state index in [9.17, 15) is 22.5 Å². The Hall–Kier alpha value is -2.73. The first-order chi connectivity index (χ1) is 17.6. The van der Waals surface area contributed by atoms with E-state index >= 15 is 0 Å². The Bertz CT molecular complexity index is 1500. The molecule has 196 valence electrons. The molecule has 3 aromatic rings. The van der Waals surface area contributed by atoms with Crippen molar-refractivity contribution in [2.45, 2.75) is 49.0 Å². The Morgan fingerprint density at radius 2 is 1.86 bits per heavy atom. The number of fused-ring (bicyclic) bond motifs is 1. The van der Waals surface area contributed by atoms with Crippen molar-refractivity contribution < 1.29 is 17.2 Å². The number of hydrogen-bond acceptors (Lipinski definition) is 9. The lowest BCUT2D eigenvalue weighted by molar-refractivity contribution is 0.150. The summed E-state index contributed by atoms with van der Waals surface area (Å²) in [7, 11) is -1.89. The number of nitrogens with one attached hydrogen (secondary N) is 1. The van der Waals surface area contributed by atoms with Crippen molar-refractivity contribution in [3.63, 3.8) is 0 Å². The van der Waals surface area contributed by atoms with E-state index in [1.807, 2.05) is 0 Å². The zero-order chi connectivity index (χ0) is 26.0. The first-order valence-electron chi connectivity index (χ1n) is 12.2. The van der Waals surface area contributed by atoms with Gasteiger partial charge < -0.3 is 9.80 Å². The van der Waals surface area contributed by atoms with Crippen molar-refractivity contribution >= 4 is 38.0 Å². The SMILES string of the molecule is CN1CCC2(CCN(c3cc(S(=O)(=O)NC4(C#N)CC4)cc4c3cnn4-c3nnc(C(F)F)s3)CC2)C1. The van der Waals surface area contributed by atoms with Crippen molar-refractivity contribution in [2.75, 3.05) is 38.1 Å². The third kappa shape index (κ3) is 4.37. The predicted octanol–water partition coefficient (Wildman–Crippen LogP) is 3.07. The standard InChI is InChI=1S/C23H26F2N8O2S2/c1-31-7-4-22(14-31)5-8-32(9-6-22)17-10-15(37(34,35)30-23(13-26)2-3-23)11-18-16(17)12-27-33(18)21-29-28-20(36-21)19(24)25/h10-12,19,30H,2-9,14H2,1H3. The lowest BCUT2D eigenvalue weighted by atomic mass is 9.77. The maximum atomic E-state index is 13.4. The smallest absolute Gasteiger partial charge is 0.291 e. The van der Waals surface area contributed by atoms with Crippen LogP contribution in [0.1, 0.15) is 43.5 Å². The molecule has 0 unspecified atom stereocenters. The summed E-state index contributed by atoms with van der Waals surface area (Å²) in [4.78, 5) is 4.53. The van der Waals surface area contributed by atoms with E-state index in [0.717, 1.165) is 45.4 Å². The number of sulfonamides is 1. The molecule has 10 nitrogen and oxygen atoms in total. The Balaban J connectivity index is 1.42. The van der Waals surface area contributed by atoms with Gasteiger partial charge in [0.2, 0.25) is 15.2 Å². The van der Waals surface area contributed by atoms with Crippen molar-refractivity contribution in [2.24, 2.45) is 5.41 Å². The number of piperidine rings is 1. The van der Waals surface area contributed by atoms with E-state index in [1.165, 1.54) is 10.7 Å². The van der Waals surface area contributed by atoms with Crippen LogP contribution in [0.25, 0.3) is 16.0 Å². The number of benzene rings is 1. The number of nitriles is 1. The highest BCUT2D eigenvalue weighted by molar-refractivity contribution is 7.89. The molecule has 0 radical (unpaired) electrons. The largest absolute Gasteiger partial charge is 0.371 e. The molecule has 2 aromatic heterocycles. The summed E-state index contributed by atoms with van der Waals surface area (Å²) in [6, 6.07) is 5.15. The molecule has 1 aromatic carbocycles. The molecule has 1 spiro atoms. The summed E-state index contributed by atoms with van der Waals surface area (Å²) in [5.41, 5.74) is 0.345. The van der Waals surface area contributed by atoms with Gasteiger partial charge in [0.25, 0.3) is 6.43 Å². The van der Waals surface area contributed by atoms with Gasteiger partial charge >= 0.3 is 0 Å². The molecule has 37 heavy (non-hydrogen) atoms. The Labute approximate surface area is 216 Å². The predicted molar refractivity (Wildman–Crippen MR) is 133 cm³/mol. The Kier molecular flexibility index (Phi) is 5.75. The molecular weight excluding hydrogens is 522 g/mol. The molecule has 3 aliphatic rings. The number of likely N-dealkylation sites (tertiary alicyclic amines) is 1. The molecule has 0 amide bonds. The third-order valence-corrected chi connectivity index (χ3v) is 10.3. The van der Waals surface area contributed by atoms with Gasteiger partial charge in [-0.1, -0.05) is 11.3 Å². The fraction of sp³-hybridized carbons (Fsp3) is 0.565. The van der Waals surface area contributed by atoms with E-state index in [4.69, 9.17) is 0 Å². The van der Waals surface area contributed by atoms with Crippen LogP contribution in [0.2, 0.25) is 0 Å². The van der Waals surface area contributed by atoms with Crippen LogP contribution in [-0.4, -0.2) is 72.1 Å². The molecule has 3 fully saturated rings. The molecular formula is C23H26F2N8O2S2. The van der Waals surface area contributed by atoms with Gasteiger partial charge in [-0.3, -0.25) is 0 Å². The van der Waals surface area contributed by atoms with Crippen LogP contribution in [0, 0.1) is 16.7 Å². The highest BCUT2D eigenvalue weighted by atomic mass is 32.2. The molecule has 4 heterocycles. The lowest BCUT2D eigenvalue weighted by Crippen LogP contribution is -2.41. The molecule has 2 aliphatic heterocycles. The molecule has 1 aliphatic carbocycles. The first kappa shape index (κ1) is 24.6. The van der Waals surface area contributed by atoms with Gasteiger partial charge in [-0.05, 0) is 63.2 Å². The van der Waals surface area contributed by atoms with E-state index in [1.54, 1.807) is 12.3 Å². The van der Waals surface area contributed by atoms with Crippen molar-refractivity contribution in [1.29, 1.82) is 5.26 Å². The van der Waals surface area contributed by atoms with Gasteiger partial charge in [-0.2, -0.15) is 15.1 Å². The monoisotopic (exact) mass is 548 g/mol. The van der Waals surface area contributed by atoms with Gasteiger partial charge in [-0.25, -0.2) is 21.9 Å². The van der Waals surface area contributed by atoms with Gasteiger partial charge in [0.15, 0.2) is 5.01 Å².